The fourth-order valence-electron chi connectivity index (χ4n) is 4.64. The molecule has 156 valence electrons. The number of ether oxygens (including phenoxy) is 2. The predicted octanol–water partition coefficient (Wildman–Crippen LogP) is 5.90. The predicted molar refractivity (Wildman–Crippen MR) is 117 cm³/mol. The second-order valence-electron chi connectivity index (χ2n) is 8.16. The van der Waals surface area contributed by atoms with Gasteiger partial charge in [-0.3, -0.25) is 4.90 Å². The normalized spacial score (nSPS) is 18.8. The number of hydrogen-bond acceptors (Lipinski definition) is 4. The van der Waals surface area contributed by atoms with Crippen molar-refractivity contribution in [2.45, 2.75) is 51.2 Å². The van der Waals surface area contributed by atoms with Crippen LogP contribution in [0.4, 0.5) is 4.39 Å². The van der Waals surface area contributed by atoms with E-state index in [4.69, 9.17) is 9.47 Å². The summed E-state index contributed by atoms with van der Waals surface area (Å²) in [5, 5.41) is 2.08. The molecule has 1 aromatic carbocycles. The molecule has 1 aromatic heterocycles. The summed E-state index contributed by atoms with van der Waals surface area (Å²) in [5.41, 5.74) is 3.81. The maximum Gasteiger partial charge on any atom is 0.134 e. The van der Waals surface area contributed by atoms with E-state index in [9.17, 15) is 4.39 Å². The van der Waals surface area contributed by atoms with Gasteiger partial charge in [-0.2, -0.15) is 0 Å². The summed E-state index contributed by atoms with van der Waals surface area (Å²) in [6, 6.07) is 9.04. The highest BCUT2D eigenvalue weighted by Gasteiger charge is 2.39. The van der Waals surface area contributed by atoms with Gasteiger partial charge in [0.15, 0.2) is 0 Å². The second kappa shape index (κ2) is 8.99. The van der Waals surface area contributed by atoms with Gasteiger partial charge in [-0.1, -0.05) is 31.9 Å². The molecule has 1 fully saturated rings. The highest BCUT2D eigenvalue weighted by Crippen LogP contribution is 2.45. The minimum Gasteiger partial charge on any atom is -0.496 e. The molecule has 0 bridgehead atoms. The minimum atomic E-state index is -0.182. The molecule has 1 aliphatic carbocycles. The zero-order valence-corrected chi connectivity index (χ0v) is 18.2. The molecule has 4 rings (SSSR count). The zero-order chi connectivity index (χ0) is 20.3. The number of halogens is 1. The van der Waals surface area contributed by atoms with E-state index < -0.39 is 0 Å². The first kappa shape index (κ1) is 20.6. The van der Waals surface area contributed by atoms with Crippen molar-refractivity contribution in [1.82, 2.24) is 4.90 Å². The van der Waals surface area contributed by atoms with Crippen LogP contribution in [-0.4, -0.2) is 37.3 Å². The molecule has 0 amide bonds. The van der Waals surface area contributed by atoms with Gasteiger partial charge in [-0.25, -0.2) is 4.39 Å². The Morgan fingerprint density at radius 3 is 2.59 bits per heavy atom. The lowest BCUT2D eigenvalue weighted by molar-refractivity contribution is -0.0339. The van der Waals surface area contributed by atoms with Crippen molar-refractivity contribution >= 4 is 16.9 Å². The first-order chi connectivity index (χ1) is 14.1. The number of nitrogens with zero attached hydrogens (tertiary/aromatic N) is 1. The van der Waals surface area contributed by atoms with Crippen molar-refractivity contribution in [2.75, 3.05) is 26.8 Å². The molecule has 5 heteroatoms. The van der Waals surface area contributed by atoms with E-state index in [0.29, 0.717) is 6.61 Å². The fourth-order valence-corrected chi connectivity index (χ4v) is 5.52. The molecule has 1 spiro atoms. The van der Waals surface area contributed by atoms with Gasteiger partial charge >= 0.3 is 0 Å². The highest BCUT2D eigenvalue weighted by atomic mass is 32.1. The van der Waals surface area contributed by atoms with Crippen LogP contribution in [-0.2, 0) is 11.3 Å². The van der Waals surface area contributed by atoms with Gasteiger partial charge in [0.2, 0.25) is 0 Å². The number of rotatable bonds is 7. The maximum atomic E-state index is 13.5. The number of thiophene rings is 1. The third-order valence-electron chi connectivity index (χ3n) is 6.34. The smallest absolute Gasteiger partial charge is 0.134 e. The standard InChI is InChI=1S/C24H30FNO2S/c1-3-26(16-23-22(27-2)10-13-29-23)15-19-17-28-24(11-4-5-12-24)14-21(19)18-6-8-20(25)9-7-18/h6-10,13H,3-5,11-12,14-17H2,1-2H3. The lowest BCUT2D eigenvalue weighted by Gasteiger charge is -2.38. The quantitative estimate of drug-likeness (QED) is 0.562. The molecule has 2 aromatic rings. The van der Waals surface area contributed by atoms with E-state index in [1.54, 1.807) is 30.6 Å². The van der Waals surface area contributed by atoms with E-state index in [2.05, 4.69) is 17.2 Å². The van der Waals surface area contributed by atoms with Crippen LogP contribution in [0.15, 0.2) is 41.3 Å². The van der Waals surface area contributed by atoms with Crippen molar-refractivity contribution in [3.63, 3.8) is 0 Å². The van der Waals surface area contributed by atoms with Crippen LogP contribution < -0.4 is 4.74 Å². The van der Waals surface area contributed by atoms with Crippen LogP contribution in [0.1, 0.15) is 49.5 Å². The number of benzene rings is 1. The van der Waals surface area contributed by atoms with E-state index in [-0.39, 0.29) is 11.4 Å². The summed E-state index contributed by atoms with van der Waals surface area (Å²) in [4.78, 5) is 3.69. The largest absolute Gasteiger partial charge is 0.496 e. The molecular formula is C24H30FNO2S. The van der Waals surface area contributed by atoms with Crippen molar-refractivity contribution in [3.8, 4) is 5.75 Å². The number of hydrogen-bond donors (Lipinski definition) is 0. The molecular weight excluding hydrogens is 385 g/mol. The van der Waals surface area contributed by atoms with Crippen LogP contribution in [0.25, 0.3) is 5.57 Å². The third kappa shape index (κ3) is 4.57. The Bertz CT molecular complexity index is 852. The first-order valence-electron chi connectivity index (χ1n) is 10.6. The van der Waals surface area contributed by atoms with Crippen LogP contribution in [0, 0.1) is 5.82 Å². The maximum absolute atomic E-state index is 13.5. The van der Waals surface area contributed by atoms with E-state index in [1.807, 2.05) is 18.2 Å². The third-order valence-corrected chi connectivity index (χ3v) is 7.23. The molecule has 3 nitrogen and oxygen atoms in total. The Hall–Kier alpha value is -1.69. The molecule has 0 unspecified atom stereocenters. The molecule has 0 atom stereocenters. The first-order valence-corrected chi connectivity index (χ1v) is 11.4. The zero-order valence-electron chi connectivity index (χ0n) is 17.4. The Morgan fingerprint density at radius 2 is 1.90 bits per heavy atom. The van der Waals surface area contributed by atoms with E-state index in [0.717, 1.165) is 50.2 Å². The summed E-state index contributed by atoms with van der Waals surface area (Å²) in [7, 11) is 1.73. The van der Waals surface area contributed by atoms with Crippen molar-refractivity contribution in [3.05, 3.63) is 57.5 Å². The minimum absolute atomic E-state index is 0.0127. The van der Waals surface area contributed by atoms with Gasteiger partial charge in [0, 0.05) is 19.5 Å². The molecule has 2 heterocycles. The lowest BCUT2D eigenvalue weighted by Crippen LogP contribution is -2.37. The van der Waals surface area contributed by atoms with Gasteiger partial charge in [-0.15, -0.1) is 11.3 Å². The van der Waals surface area contributed by atoms with E-state index >= 15 is 0 Å². The molecule has 1 aliphatic heterocycles. The lowest BCUT2D eigenvalue weighted by atomic mass is 9.84. The molecule has 0 saturated heterocycles. The molecule has 0 radical (unpaired) electrons. The molecule has 1 saturated carbocycles. The molecule has 2 aliphatic rings. The monoisotopic (exact) mass is 415 g/mol. The summed E-state index contributed by atoms with van der Waals surface area (Å²) < 4.78 is 25.5. The van der Waals surface area contributed by atoms with E-state index in [1.165, 1.54) is 28.9 Å². The summed E-state index contributed by atoms with van der Waals surface area (Å²) in [6.07, 6.45) is 5.69. The highest BCUT2D eigenvalue weighted by molar-refractivity contribution is 7.10. The Balaban J connectivity index is 1.60. The fraction of sp³-hybridized carbons (Fsp3) is 0.500. The van der Waals surface area contributed by atoms with Crippen LogP contribution in [0.3, 0.4) is 0 Å². The van der Waals surface area contributed by atoms with Gasteiger partial charge in [0.25, 0.3) is 0 Å². The average molecular weight is 416 g/mol. The average Bonchev–Trinajstić information content (AvgIpc) is 3.39. The van der Waals surface area contributed by atoms with Crippen molar-refractivity contribution in [2.24, 2.45) is 0 Å². The van der Waals surface area contributed by atoms with Gasteiger partial charge in [0.05, 0.1) is 24.2 Å². The number of likely N-dealkylation sites (N-methyl/N-ethyl adjacent to an activating group) is 1. The van der Waals surface area contributed by atoms with Crippen LogP contribution in [0.2, 0.25) is 0 Å². The number of methoxy groups -OCH3 is 1. The molecule has 0 N–H and O–H groups in total. The van der Waals surface area contributed by atoms with Crippen LogP contribution in [0.5, 0.6) is 5.75 Å². The van der Waals surface area contributed by atoms with Crippen LogP contribution >= 0.6 is 11.3 Å². The van der Waals surface area contributed by atoms with Crippen molar-refractivity contribution in [1.29, 1.82) is 0 Å². The van der Waals surface area contributed by atoms with Gasteiger partial charge in [-0.05, 0) is 59.7 Å². The summed E-state index contributed by atoms with van der Waals surface area (Å²) >= 11 is 1.74. The van der Waals surface area contributed by atoms with Crippen molar-refractivity contribution < 1.29 is 13.9 Å². The summed E-state index contributed by atoms with van der Waals surface area (Å²) in [6.45, 7) is 5.54. The van der Waals surface area contributed by atoms with Gasteiger partial charge in [0.1, 0.15) is 11.6 Å². The summed E-state index contributed by atoms with van der Waals surface area (Å²) in [5.74, 6) is 0.782. The molecule has 29 heavy (non-hydrogen) atoms. The van der Waals surface area contributed by atoms with Gasteiger partial charge < -0.3 is 9.47 Å². The Kier molecular flexibility index (Phi) is 6.38. The topological polar surface area (TPSA) is 21.7 Å². The Labute approximate surface area is 177 Å². The SMILES string of the molecule is CCN(CC1=C(c2ccc(F)cc2)CC2(CCCC2)OC1)Cc1sccc1OC. The second-order valence-corrected chi connectivity index (χ2v) is 9.16. The Morgan fingerprint density at radius 1 is 1.14 bits per heavy atom.